The number of benzene rings is 2. The standard InChI is InChI=1S/C21H19N3OS/c1-15-9-11-16(12-10-15)20(18-8-5-13-26-18)22-14-19-23-21(24-25-19)17-6-3-2-4-7-17/h2-13,20,22H,14H2,1H3/t20-/m0/s1. The van der Waals surface area contributed by atoms with Gasteiger partial charge >= 0.3 is 0 Å². The summed E-state index contributed by atoms with van der Waals surface area (Å²) in [6.07, 6.45) is 0. The Labute approximate surface area is 156 Å². The second kappa shape index (κ2) is 7.64. The van der Waals surface area contributed by atoms with E-state index in [0.29, 0.717) is 18.3 Å². The van der Waals surface area contributed by atoms with E-state index in [0.717, 1.165) is 5.56 Å². The van der Waals surface area contributed by atoms with Crippen molar-refractivity contribution in [2.75, 3.05) is 0 Å². The predicted octanol–water partition coefficient (Wildman–Crippen LogP) is 4.99. The zero-order valence-electron chi connectivity index (χ0n) is 14.4. The lowest BCUT2D eigenvalue weighted by atomic mass is 10.0. The minimum absolute atomic E-state index is 0.0997. The third-order valence-electron chi connectivity index (χ3n) is 4.20. The molecule has 1 atom stereocenters. The van der Waals surface area contributed by atoms with Crippen LogP contribution in [0, 0.1) is 6.92 Å². The van der Waals surface area contributed by atoms with E-state index in [4.69, 9.17) is 4.52 Å². The zero-order valence-corrected chi connectivity index (χ0v) is 15.2. The quantitative estimate of drug-likeness (QED) is 0.526. The number of nitrogens with zero attached hydrogens (tertiary/aromatic N) is 2. The molecule has 4 aromatic rings. The Morgan fingerprint density at radius 1 is 1.00 bits per heavy atom. The van der Waals surface area contributed by atoms with Crippen LogP contribution in [0.15, 0.2) is 76.6 Å². The third kappa shape index (κ3) is 3.74. The van der Waals surface area contributed by atoms with Crippen LogP contribution in [-0.4, -0.2) is 10.1 Å². The summed E-state index contributed by atoms with van der Waals surface area (Å²) in [7, 11) is 0. The van der Waals surface area contributed by atoms with E-state index >= 15 is 0 Å². The maximum absolute atomic E-state index is 5.42. The summed E-state index contributed by atoms with van der Waals surface area (Å²) in [5.41, 5.74) is 3.43. The number of rotatable bonds is 6. The molecular formula is C21H19N3OS. The van der Waals surface area contributed by atoms with Crippen LogP contribution in [0.25, 0.3) is 11.4 Å². The smallest absolute Gasteiger partial charge is 0.240 e. The van der Waals surface area contributed by atoms with Gasteiger partial charge in [-0.15, -0.1) is 11.3 Å². The first kappa shape index (κ1) is 16.7. The van der Waals surface area contributed by atoms with Gasteiger partial charge in [-0.1, -0.05) is 71.4 Å². The van der Waals surface area contributed by atoms with E-state index in [2.05, 4.69) is 64.2 Å². The van der Waals surface area contributed by atoms with Gasteiger partial charge in [0, 0.05) is 10.4 Å². The number of aryl methyl sites for hydroxylation is 1. The van der Waals surface area contributed by atoms with Crippen LogP contribution in [0.2, 0.25) is 0 Å². The van der Waals surface area contributed by atoms with E-state index < -0.39 is 0 Å². The van der Waals surface area contributed by atoms with E-state index in [1.54, 1.807) is 11.3 Å². The maximum Gasteiger partial charge on any atom is 0.240 e. The Morgan fingerprint density at radius 2 is 1.81 bits per heavy atom. The molecule has 0 aliphatic carbocycles. The van der Waals surface area contributed by atoms with Crippen LogP contribution < -0.4 is 5.32 Å². The van der Waals surface area contributed by atoms with E-state index in [1.807, 2.05) is 30.3 Å². The Bertz CT molecular complexity index is 947. The highest BCUT2D eigenvalue weighted by molar-refractivity contribution is 7.10. The lowest BCUT2D eigenvalue weighted by molar-refractivity contribution is 0.363. The van der Waals surface area contributed by atoms with Crippen molar-refractivity contribution in [2.45, 2.75) is 19.5 Å². The molecule has 0 saturated heterocycles. The fourth-order valence-corrected chi connectivity index (χ4v) is 3.64. The van der Waals surface area contributed by atoms with Crippen LogP contribution >= 0.6 is 11.3 Å². The molecule has 0 radical (unpaired) electrons. The number of thiophene rings is 1. The molecule has 130 valence electrons. The summed E-state index contributed by atoms with van der Waals surface area (Å²) < 4.78 is 5.42. The fourth-order valence-electron chi connectivity index (χ4n) is 2.82. The molecule has 2 heterocycles. The average Bonchev–Trinajstić information content (AvgIpc) is 3.36. The number of hydrogen-bond donors (Lipinski definition) is 1. The Balaban J connectivity index is 1.52. The first-order chi connectivity index (χ1) is 12.8. The number of nitrogens with one attached hydrogen (secondary N) is 1. The molecule has 5 heteroatoms. The topological polar surface area (TPSA) is 51.0 Å². The van der Waals surface area contributed by atoms with Crippen molar-refractivity contribution in [3.05, 3.63) is 94.0 Å². The van der Waals surface area contributed by atoms with E-state index in [9.17, 15) is 0 Å². The fraction of sp³-hybridized carbons (Fsp3) is 0.143. The summed E-state index contributed by atoms with van der Waals surface area (Å²) in [6.45, 7) is 2.61. The molecular weight excluding hydrogens is 342 g/mol. The lowest BCUT2D eigenvalue weighted by Crippen LogP contribution is -2.21. The summed E-state index contributed by atoms with van der Waals surface area (Å²) >= 11 is 1.74. The van der Waals surface area contributed by atoms with Crippen LogP contribution in [0.3, 0.4) is 0 Å². The molecule has 26 heavy (non-hydrogen) atoms. The molecule has 0 aliphatic rings. The summed E-state index contributed by atoms with van der Waals surface area (Å²) in [4.78, 5) is 5.77. The van der Waals surface area contributed by atoms with Crippen molar-refractivity contribution in [3.63, 3.8) is 0 Å². The van der Waals surface area contributed by atoms with Gasteiger partial charge in [-0.25, -0.2) is 0 Å². The molecule has 0 unspecified atom stereocenters. The Hall–Kier alpha value is -2.76. The first-order valence-electron chi connectivity index (χ1n) is 8.51. The second-order valence-corrected chi connectivity index (χ2v) is 7.10. The molecule has 2 aromatic heterocycles. The normalized spacial score (nSPS) is 12.2. The highest BCUT2D eigenvalue weighted by Crippen LogP contribution is 2.27. The van der Waals surface area contributed by atoms with Crippen molar-refractivity contribution < 1.29 is 4.52 Å². The van der Waals surface area contributed by atoms with Gasteiger partial charge in [0.1, 0.15) is 0 Å². The van der Waals surface area contributed by atoms with Gasteiger partial charge in [-0.2, -0.15) is 4.98 Å². The van der Waals surface area contributed by atoms with Gasteiger partial charge in [0.25, 0.3) is 0 Å². The van der Waals surface area contributed by atoms with Crippen LogP contribution in [0.4, 0.5) is 0 Å². The van der Waals surface area contributed by atoms with Gasteiger partial charge in [0.2, 0.25) is 11.7 Å². The zero-order chi connectivity index (χ0) is 17.8. The van der Waals surface area contributed by atoms with Gasteiger partial charge < -0.3 is 4.52 Å². The van der Waals surface area contributed by atoms with Gasteiger partial charge in [0.15, 0.2) is 0 Å². The largest absolute Gasteiger partial charge is 0.338 e. The minimum Gasteiger partial charge on any atom is -0.338 e. The minimum atomic E-state index is 0.0997. The third-order valence-corrected chi connectivity index (χ3v) is 5.13. The molecule has 0 bridgehead atoms. The second-order valence-electron chi connectivity index (χ2n) is 6.12. The molecule has 0 aliphatic heterocycles. The van der Waals surface area contributed by atoms with Crippen molar-refractivity contribution in [1.82, 2.24) is 15.5 Å². The molecule has 4 rings (SSSR count). The van der Waals surface area contributed by atoms with Crippen molar-refractivity contribution in [1.29, 1.82) is 0 Å². The van der Waals surface area contributed by atoms with Crippen LogP contribution in [-0.2, 0) is 6.54 Å². The Morgan fingerprint density at radius 3 is 2.54 bits per heavy atom. The average molecular weight is 361 g/mol. The van der Waals surface area contributed by atoms with Gasteiger partial charge in [-0.3, -0.25) is 5.32 Å². The molecule has 0 saturated carbocycles. The predicted molar refractivity (Wildman–Crippen MR) is 104 cm³/mol. The Kier molecular flexibility index (Phi) is 4.91. The first-order valence-corrected chi connectivity index (χ1v) is 9.39. The van der Waals surface area contributed by atoms with Crippen molar-refractivity contribution in [2.24, 2.45) is 0 Å². The lowest BCUT2D eigenvalue weighted by Gasteiger charge is -2.17. The summed E-state index contributed by atoms with van der Waals surface area (Å²) in [5, 5.41) is 9.74. The van der Waals surface area contributed by atoms with Crippen LogP contribution in [0.1, 0.15) is 27.9 Å². The highest BCUT2D eigenvalue weighted by Gasteiger charge is 2.16. The van der Waals surface area contributed by atoms with Gasteiger partial charge in [0.05, 0.1) is 12.6 Å². The molecule has 1 N–H and O–H groups in total. The van der Waals surface area contributed by atoms with Crippen molar-refractivity contribution >= 4 is 11.3 Å². The SMILES string of the molecule is Cc1ccc([C@H](NCc2nc(-c3ccccc3)no2)c2cccs2)cc1. The number of aromatic nitrogens is 2. The molecule has 0 spiro atoms. The molecule has 0 fully saturated rings. The van der Waals surface area contributed by atoms with Crippen LogP contribution in [0.5, 0.6) is 0 Å². The maximum atomic E-state index is 5.42. The van der Waals surface area contributed by atoms with E-state index in [-0.39, 0.29) is 6.04 Å². The number of hydrogen-bond acceptors (Lipinski definition) is 5. The molecule has 4 nitrogen and oxygen atoms in total. The molecule has 2 aromatic carbocycles. The molecule has 0 amide bonds. The monoisotopic (exact) mass is 361 g/mol. The van der Waals surface area contributed by atoms with Crippen molar-refractivity contribution in [3.8, 4) is 11.4 Å². The highest BCUT2D eigenvalue weighted by atomic mass is 32.1. The summed E-state index contributed by atoms with van der Waals surface area (Å²) in [6, 6.07) is 22.8. The van der Waals surface area contributed by atoms with E-state index in [1.165, 1.54) is 16.0 Å². The summed E-state index contributed by atoms with van der Waals surface area (Å²) in [5.74, 6) is 1.20. The van der Waals surface area contributed by atoms with Gasteiger partial charge in [-0.05, 0) is 23.9 Å².